The number of anilines is 2. The van der Waals surface area contributed by atoms with Crippen molar-refractivity contribution >= 4 is 33.2 Å². The lowest BCUT2D eigenvalue weighted by Crippen LogP contribution is -2.39. The molecule has 7 nitrogen and oxygen atoms in total. The number of rotatable bonds is 10. The molecule has 0 aliphatic carbocycles. The van der Waals surface area contributed by atoms with E-state index < -0.39 is 22.5 Å². The van der Waals surface area contributed by atoms with Gasteiger partial charge < -0.3 is 10.6 Å². The first-order chi connectivity index (χ1) is 16.8. The highest BCUT2D eigenvalue weighted by Crippen LogP contribution is 2.28. The maximum Gasteiger partial charge on any atom is 0.264 e. The molecule has 0 radical (unpaired) electrons. The standard InChI is InChI=1S/C27H31N3O4S/c1-4-20(3)28-27(32)23-16-10-11-17-24(23)29-26(31)19-30(25-18-12-9-13-21(25)5-2)35(33,34)22-14-7-6-8-15-22/h6-18,20H,4-5,19H2,1-3H3,(H,28,32)(H,29,31). The van der Waals surface area contributed by atoms with E-state index in [0.29, 0.717) is 23.4 Å². The molecule has 2 N–H and O–H groups in total. The highest BCUT2D eigenvalue weighted by molar-refractivity contribution is 7.92. The summed E-state index contributed by atoms with van der Waals surface area (Å²) in [6, 6.07) is 21.8. The monoisotopic (exact) mass is 493 g/mol. The van der Waals surface area contributed by atoms with E-state index in [1.807, 2.05) is 32.9 Å². The Hall–Kier alpha value is -3.65. The van der Waals surface area contributed by atoms with Gasteiger partial charge in [0.25, 0.3) is 15.9 Å². The van der Waals surface area contributed by atoms with Gasteiger partial charge in [-0.3, -0.25) is 13.9 Å². The minimum Gasteiger partial charge on any atom is -0.350 e. The molecule has 0 spiro atoms. The number of amides is 2. The van der Waals surface area contributed by atoms with E-state index in [2.05, 4.69) is 10.6 Å². The summed E-state index contributed by atoms with van der Waals surface area (Å²) in [5, 5.41) is 5.63. The number of aryl methyl sites for hydroxylation is 1. The number of nitrogens with zero attached hydrogens (tertiary/aromatic N) is 1. The van der Waals surface area contributed by atoms with Crippen LogP contribution in [0.5, 0.6) is 0 Å². The first kappa shape index (κ1) is 26.0. The predicted octanol–water partition coefficient (Wildman–Crippen LogP) is 4.61. The number of sulfonamides is 1. The van der Waals surface area contributed by atoms with E-state index in [4.69, 9.17) is 0 Å². The smallest absolute Gasteiger partial charge is 0.264 e. The molecule has 3 aromatic carbocycles. The van der Waals surface area contributed by atoms with Crippen molar-refractivity contribution in [3.63, 3.8) is 0 Å². The number of carbonyl (C=O) groups excluding carboxylic acids is 2. The first-order valence-corrected chi connectivity index (χ1v) is 13.1. The van der Waals surface area contributed by atoms with Crippen LogP contribution in [0, 0.1) is 0 Å². The zero-order valence-corrected chi connectivity index (χ0v) is 21.0. The number of benzene rings is 3. The Bertz CT molecular complexity index is 1280. The molecule has 1 atom stereocenters. The topological polar surface area (TPSA) is 95.6 Å². The van der Waals surface area contributed by atoms with Crippen LogP contribution in [0.4, 0.5) is 11.4 Å². The average molecular weight is 494 g/mol. The van der Waals surface area contributed by atoms with E-state index in [1.54, 1.807) is 54.6 Å². The Balaban J connectivity index is 1.94. The zero-order valence-electron chi connectivity index (χ0n) is 20.2. The van der Waals surface area contributed by atoms with Crippen LogP contribution in [-0.4, -0.2) is 32.8 Å². The highest BCUT2D eigenvalue weighted by Gasteiger charge is 2.29. The number of carbonyl (C=O) groups is 2. The quantitative estimate of drug-likeness (QED) is 0.431. The summed E-state index contributed by atoms with van der Waals surface area (Å²) >= 11 is 0. The van der Waals surface area contributed by atoms with Crippen LogP contribution in [0.25, 0.3) is 0 Å². The molecule has 0 aliphatic rings. The molecule has 1 unspecified atom stereocenters. The van der Waals surface area contributed by atoms with Crippen LogP contribution in [0.15, 0.2) is 83.8 Å². The molecule has 0 bridgehead atoms. The molecule has 0 aromatic heterocycles. The van der Waals surface area contributed by atoms with Gasteiger partial charge in [-0.1, -0.05) is 62.4 Å². The first-order valence-electron chi connectivity index (χ1n) is 11.6. The summed E-state index contributed by atoms with van der Waals surface area (Å²) in [6.07, 6.45) is 1.36. The maximum absolute atomic E-state index is 13.6. The molecule has 35 heavy (non-hydrogen) atoms. The van der Waals surface area contributed by atoms with Gasteiger partial charge in [-0.25, -0.2) is 8.42 Å². The van der Waals surface area contributed by atoms with E-state index in [9.17, 15) is 18.0 Å². The Labute approximate surface area is 207 Å². The van der Waals surface area contributed by atoms with Crippen LogP contribution >= 0.6 is 0 Å². The van der Waals surface area contributed by atoms with Crippen LogP contribution in [0.3, 0.4) is 0 Å². The molecule has 3 aromatic rings. The molecule has 8 heteroatoms. The Morgan fingerprint density at radius 1 is 0.886 bits per heavy atom. The second-order valence-electron chi connectivity index (χ2n) is 8.18. The largest absolute Gasteiger partial charge is 0.350 e. The van der Waals surface area contributed by atoms with Crippen LogP contribution < -0.4 is 14.9 Å². The third-order valence-electron chi connectivity index (χ3n) is 5.70. The van der Waals surface area contributed by atoms with Crippen molar-refractivity contribution in [2.45, 2.75) is 44.6 Å². The van der Waals surface area contributed by atoms with Gasteiger partial charge in [0.1, 0.15) is 6.54 Å². The van der Waals surface area contributed by atoms with Gasteiger partial charge in [-0.05, 0) is 55.7 Å². The predicted molar refractivity (Wildman–Crippen MR) is 139 cm³/mol. The number of nitrogens with one attached hydrogen (secondary N) is 2. The van der Waals surface area contributed by atoms with Crippen LogP contribution in [-0.2, 0) is 21.2 Å². The molecule has 0 saturated carbocycles. The van der Waals surface area contributed by atoms with E-state index in [0.717, 1.165) is 16.3 Å². The Kier molecular flexibility index (Phi) is 8.65. The fourth-order valence-corrected chi connectivity index (χ4v) is 5.07. The lowest BCUT2D eigenvalue weighted by Gasteiger charge is -2.26. The fraction of sp³-hybridized carbons (Fsp3) is 0.259. The fourth-order valence-electron chi connectivity index (χ4n) is 3.59. The number of hydrogen-bond acceptors (Lipinski definition) is 4. The summed E-state index contributed by atoms with van der Waals surface area (Å²) in [4.78, 5) is 26.0. The van der Waals surface area contributed by atoms with Gasteiger partial charge >= 0.3 is 0 Å². The third kappa shape index (κ3) is 6.27. The van der Waals surface area contributed by atoms with Crippen molar-refractivity contribution < 1.29 is 18.0 Å². The van der Waals surface area contributed by atoms with E-state index in [-0.39, 0.29) is 16.8 Å². The molecule has 0 saturated heterocycles. The molecular weight excluding hydrogens is 462 g/mol. The lowest BCUT2D eigenvalue weighted by molar-refractivity contribution is -0.114. The molecular formula is C27H31N3O4S. The molecule has 0 heterocycles. The molecule has 2 amide bonds. The van der Waals surface area contributed by atoms with Crippen molar-refractivity contribution in [3.8, 4) is 0 Å². The van der Waals surface area contributed by atoms with Gasteiger partial charge in [-0.2, -0.15) is 0 Å². The molecule has 0 aliphatic heterocycles. The zero-order chi connectivity index (χ0) is 25.4. The number of hydrogen-bond donors (Lipinski definition) is 2. The van der Waals surface area contributed by atoms with E-state index >= 15 is 0 Å². The SMILES string of the molecule is CCc1ccccc1N(CC(=O)Nc1ccccc1C(=O)NC(C)CC)S(=O)(=O)c1ccccc1. The van der Waals surface area contributed by atoms with Crippen molar-refractivity contribution in [1.82, 2.24) is 5.32 Å². The van der Waals surface area contributed by atoms with E-state index in [1.165, 1.54) is 12.1 Å². The maximum atomic E-state index is 13.6. The van der Waals surface area contributed by atoms with Gasteiger partial charge in [0.15, 0.2) is 0 Å². The summed E-state index contributed by atoms with van der Waals surface area (Å²) in [6.45, 7) is 5.35. The van der Waals surface area contributed by atoms with Crippen molar-refractivity contribution in [3.05, 3.63) is 90.0 Å². The van der Waals surface area contributed by atoms with Gasteiger partial charge in [0.2, 0.25) is 5.91 Å². The summed E-state index contributed by atoms with van der Waals surface area (Å²) in [7, 11) is -4.03. The highest BCUT2D eigenvalue weighted by atomic mass is 32.2. The Morgan fingerprint density at radius 2 is 1.51 bits per heavy atom. The van der Waals surface area contributed by atoms with Gasteiger partial charge in [0.05, 0.1) is 21.8 Å². The number of para-hydroxylation sites is 2. The van der Waals surface area contributed by atoms with Crippen molar-refractivity contribution in [2.75, 3.05) is 16.2 Å². The van der Waals surface area contributed by atoms with Crippen molar-refractivity contribution in [2.24, 2.45) is 0 Å². The van der Waals surface area contributed by atoms with Gasteiger partial charge in [-0.15, -0.1) is 0 Å². The second kappa shape index (κ2) is 11.7. The van der Waals surface area contributed by atoms with Crippen LogP contribution in [0.2, 0.25) is 0 Å². The minimum atomic E-state index is -4.03. The minimum absolute atomic E-state index is 0.0247. The van der Waals surface area contributed by atoms with Gasteiger partial charge in [0, 0.05) is 6.04 Å². The summed E-state index contributed by atoms with van der Waals surface area (Å²) in [5.74, 6) is -0.862. The molecule has 0 fully saturated rings. The molecule has 184 valence electrons. The normalized spacial score (nSPS) is 12.0. The second-order valence-corrected chi connectivity index (χ2v) is 10.0. The Morgan fingerprint density at radius 3 is 2.20 bits per heavy atom. The third-order valence-corrected chi connectivity index (χ3v) is 7.47. The van der Waals surface area contributed by atoms with Crippen molar-refractivity contribution in [1.29, 1.82) is 0 Å². The summed E-state index contributed by atoms with van der Waals surface area (Å²) < 4.78 is 28.3. The summed E-state index contributed by atoms with van der Waals surface area (Å²) in [5.41, 5.74) is 1.87. The molecule has 3 rings (SSSR count). The van der Waals surface area contributed by atoms with Crippen LogP contribution in [0.1, 0.15) is 43.1 Å². The average Bonchev–Trinajstić information content (AvgIpc) is 2.87. The lowest BCUT2D eigenvalue weighted by atomic mass is 10.1.